The van der Waals surface area contributed by atoms with Gasteiger partial charge in [-0.05, 0) is 51.5 Å². The molecule has 0 bridgehead atoms. The van der Waals surface area contributed by atoms with Gasteiger partial charge in [0.15, 0.2) is 11.6 Å². The molecule has 3 rings (SSSR count). The maximum atomic E-state index is 13.7. The molecule has 1 fully saturated rings. The highest BCUT2D eigenvalue weighted by atomic mass is 19.2. The third-order valence-electron chi connectivity index (χ3n) is 5.41. The van der Waals surface area contributed by atoms with Gasteiger partial charge in [-0.2, -0.15) is 0 Å². The average molecular weight is 490 g/mol. The molecular weight excluding hydrogens is 460 g/mol. The van der Waals surface area contributed by atoms with Crippen molar-refractivity contribution in [3.05, 3.63) is 64.7 Å². The van der Waals surface area contributed by atoms with Crippen LogP contribution in [0.1, 0.15) is 60.1 Å². The first kappa shape index (κ1) is 25.9. The summed E-state index contributed by atoms with van der Waals surface area (Å²) in [5.74, 6) is -3.75. The Morgan fingerprint density at radius 2 is 1.57 bits per heavy atom. The zero-order valence-electron chi connectivity index (χ0n) is 20.1. The minimum absolute atomic E-state index is 0.195. The summed E-state index contributed by atoms with van der Waals surface area (Å²) in [6, 6.07) is 8.15. The van der Waals surface area contributed by atoms with E-state index in [4.69, 9.17) is 15.2 Å². The van der Waals surface area contributed by atoms with Crippen LogP contribution in [-0.2, 0) is 4.74 Å². The lowest BCUT2D eigenvalue weighted by molar-refractivity contribution is 0.0141. The van der Waals surface area contributed by atoms with Crippen molar-refractivity contribution in [3.63, 3.8) is 0 Å². The monoisotopic (exact) mass is 489 g/mol. The highest BCUT2D eigenvalue weighted by Crippen LogP contribution is 2.28. The number of carbonyl (C=O) groups is 3. The van der Waals surface area contributed by atoms with E-state index in [1.54, 1.807) is 61.8 Å². The molecule has 1 saturated heterocycles. The van der Waals surface area contributed by atoms with Gasteiger partial charge in [0, 0.05) is 37.8 Å². The van der Waals surface area contributed by atoms with Crippen LogP contribution < -0.4 is 10.5 Å². The predicted molar refractivity (Wildman–Crippen MR) is 124 cm³/mol. The van der Waals surface area contributed by atoms with Gasteiger partial charge in [0.1, 0.15) is 17.5 Å². The molecule has 0 spiro atoms. The maximum absolute atomic E-state index is 13.7. The molecular formula is C25H29F2N3O5. The molecule has 3 amide bonds. The number of primary amides is 1. The molecule has 1 atom stereocenters. The number of nitrogens with two attached hydrogens (primary N) is 1. The molecule has 0 radical (unpaired) electrons. The third kappa shape index (κ3) is 6.46. The van der Waals surface area contributed by atoms with Crippen LogP contribution in [0.5, 0.6) is 5.75 Å². The molecule has 2 aromatic carbocycles. The lowest BCUT2D eigenvalue weighted by atomic mass is 10.1. The van der Waals surface area contributed by atoms with Gasteiger partial charge in [-0.3, -0.25) is 9.59 Å². The van der Waals surface area contributed by atoms with Crippen molar-refractivity contribution in [2.45, 2.75) is 39.4 Å². The smallest absolute Gasteiger partial charge is 0.410 e. The largest absolute Gasteiger partial charge is 0.485 e. The molecule has 1 heterocycles. The summed E-state index contributed by atoms with van der Waals surface area (Å²) in [7, 11) is 0. The van der Waals surface area contributed by atoms with E-state index in [2.05, 4.69) is 0 Å². The van der Waals surface area contributed by atoms with Crippen molar-refractivity contribution < 1.29 is 32.6 Å². The fourth-order valence-corrected chi connectivity index (χ4v) is 3.60. The van der Waals surface area contributed by atoms with E-state index in [1.807, 2.05) is 0 Å². The number of hydrogen-bond donors (Lipinski definition) is 1. The van der Waals surface area contributed by atoms with E-state index < -0.39 is 35.3 Å². The second kappa shape index (κ2) is 10.3. The molecule has 1 aliphatic heterocycles. The number of nitrogens with zero attached hydrogens (tertiary/aromatic N) is 2. The molecule has 0 saturated carbocycles. The van der Waals surface area contributed by atoms with Crippen molar-refractivity contribution in [3.8, 4) is 5.75 Å². The van der Waals surface area contributed by atoms with Gasteiger partial charge < -0.3 is 25.0 Å². The quantitative estimate of drug-likeness (QED) is 0.687. The molecule has 35 heavy (non-hydrogen) atoms. The van der Waals surface area contributed by atoms with Crippen molar-refractivity contribution in [2.75, 3.05) is 26.2 Å². The van der Waals surface area contributed by atoms with E-state index >= 15 is 0 Å². The van der Waals surface area contributed by atoms with E-state index in [9.17, 15) is 23.2 Å². The Balaban J connectivity index is 1.68. The zero-order valence-corrected chi connectivity index (χ0v) is 20.1. The van der Waals surface area contributed by atoms with Crippen LogP contribution >= 0.6 is 0 Å². The highest BCUT2D eigenvalue weighted by Gasteiger charge is 2.28. The van der Waals surface area contributed by atoms with Crippen LogP contribution in [0.4, 0.5) is 13.6 Å². The molecule has 10 heteroatoms. The summed E-state index contributed by atoms with van der Waals surface area (Å²) in [5, 5.41) is 0. The first-order chi connectivity index (χ1) is 16.4. The number of ether oxygens (including phenoxy) is 2. The SMILES string of the molecule is CC(Oc1cc(F)c(F)cc1C(N)=O)c1cccc(C(=O)N2CCN(C(=O)OC(C)(C)C)CC2)c1. The summed E-state index contributed by atoms with van der Waals surface area (Å²) in [6.45, 7) is 8.44. The number of amides is 3. The second-order valence-corrected chi connectivity index (χ2v) is 9.27. The van der Waals surface area contributed by atoms with Crippen LogP contribution in [0, 0.1) is 11.6 Å². The van der Waals surface area contributed by atoms with Gasteiger partial charge in [-0.15, -0.1) is 0 Å². The summed E-state index contributed by atoms with van der Waals surface area (Å²) < 4.78 is 38.3. The highest BCUT2D eigenvalue weighted by molar-refractivity contribution is 5.96. The Morgan fingerprint density at radius 1 is 0.971 bits per heavy atom. The van der Waals surface area contributed by atoms with E-state index in [0.29, 0.717) is 43.4 Å². The Labute approximate surface area is 202 Å². The molecule has 1 unspecified atom stereocenters. The van der Waals surface area contributed by atoms with Crippen LogP contribution in [0.15, 0.2) is 36.4 Å². The summed E-state index contributed by atoms with van der Waals surface area (Å²) >= 11 is 0. The number of rotatable bonds is 5. The van der Waals surface area contributed by atoms with Gasteiger partial charge in [0.05, 0.1) is 5.56 Å². The lowest BCUT2D eigenvalue weighted by Gasteiger charge is -2.35. The van der Waals surface area contributed by atoms with Gasteiger partial charge in [0.25, 0.3) is 11.8 Å². The number of hydrogen-bond acceptors (Lipinski definition) is 5. The molecule has 1 aliphatic rings. The maximum Gasteiger partial charge on any atom is 0.410 e. The van der Waals surface area contributed by atoms with Crippen LogP contribution in [-0.4, -0.2) is 59.5 Å². The molecule has 0 aromatic heterocycles. The number of carbonyl (C=O) groups excluding carboxylic acids is 3. The van der Waals surface area contributed by atoms with Gasteiger partial charge in [0.2, 0.25) is 0 Å². The zero-order chi connectivity index (χ0) is 25.9. The van der Waals surface area contributed by atoms with E-state index in [1.165, 1.54) is 0 Å². The van der Waals surface area contributed by atoms with Crippen molar-refractivity contribution in [1.82, 2.24) is 9.80 Å². The topological polar surface area (TPSA) is 102 Å². The van der Waals surface area contributed by atoms with Crippen LogP contribution in [0.2, 0.25) is 0 Å². The fourth-order valence-electron chi connectivity index (χ4n) is 3.60. The number of benzene rings is 2. The number of halogens is 2. The minimum atomic E-state index is -1.21. The van der Waals surface area contributed by atoms with Gasteiger partial charge >= 0.3 is 6.09 Å². The summed E-state index contributed by atoms with van der Waals surface area (Å²) in [4.78, 5) is 40.2. The van der Waals surface area contributed by atoms with Crippen LogP contribution in [0.25, 0.3) is 0 Å². The first-order valence-corrected chi connectivity index (χ1v) is 11.2. The molecule has 2 aromatic rings. The Morgan fingerprint density at radius 3 is 2.17 bits per heavy atom. The van der Waals surface area contributed by atoms with Gasteiger partial charge in [-0.1, -0.05) is 12.1 Å². The van der Waals surface area contributed by atoms with Crippen LogP contribution in [0.3, 0.4) is 0 Å². The molecule has 8 nitrogen and oxygen atoms in total. The van der Waals surface area contributed by atoms with Crippen molar-refractivity contribution in [2.24, 2.45) is 5.73 Å². The Bertz CT molecular complexity index is 1120. The van der Waals surface area contributed by atoms with E-state index in [0.717, 1.165) is 6.07 Å². The molecule has 2 N–H and O–H groups in total. The van der Waals surface area contributed by atoms with Crippen molar-refractivity contribution >= 4 is 17.9 Å². The third-order valence-corrected chi connectivity index (χ3v) is 5.41. The lowest BCUT2D eigenvalue weighted by Crippen LogP contribution is -2.51. The van der Waals surface area contributed by atoms with Crippen molar-refractivity contribution in [1.29, 1.82) is 0 Å². The van der Waals surface area contributed by atoms with Gasteiger partial charge in [-0.25, -0.2) is 13.6 Å². The average Bonchev–Trinajstić information content (AvgIpc) is 2.79. The van der Waals surface area contributed by atoms with E-state index in [-0.39, 0.29) is 17.2 Å². The first-order valence-electron chi connectivity index (χ1n) is 11.2. The predicted octanol–water partition coefficient (Wildman–Crippen LogP) is 3.90. The molecule has 0 aliphatic carbocycles. The second-order valence-electron chi connectivity index (χ2n) is 9.27. The minimum Gasteiger partial charge on any atom is -0.485 e. The Kier molecular flexibility index (Phi) is 7.62. The molecule has 188 valence electrons. The standard InChI is InChI=1S/C25H29F2N3O5/c1-15(34-21-14-20(27)19(26)13-18(21)22(28)31)16-6-5-7-17(12-16)23(32)29-8-10-30(11-9-29)24(33)35-25(2,3)4/h5-7,12-15H,8-11H2,1-4H3,(H2,28,31). The fraction of sp³-hybridized carbons (Fsp3) is 0.400. The number of piperazine rings is 1. The normalized spacial score (nSPS) is 14.9. The Hall–Kier alpha value is -3.69. The summed E-state index contributed by atoms with van der Waals surface area (Å²) in [5.41, 5.74) is 5.37. The summed E-state index contributed by atoms with van der Waals surface area (Å²) in [6.07, 6.45) is -1.11.